The van der Waals surface area contributed by atoms with Crippen LogP contribution >= 0.6 is 0 Å². The third kappa shape index (κ3) is 3.94. The maximum atomic E-state index is 14.6. The minimum atomic E-state index is -0.633. The van der Waals surface area contributed by atoms with E-state index in [9.17, 15) is 19.3 Å². The summed E-state index contributed by atoms with van der Waals surface area (Å²) >= 11 is 0. The van der Waals surface area contributed by atoms with Gasteiger partial charge in [0.2, 0.25) is 0 Å². The van der Waals surface area contributed by atoms with Gasteiger partial charge in [0.1, 0.15) is 11.5 Å². The number of fused-ring (bicyclic) bond motifs is 1. The van der Waals surface area contributed by atoms with Crippen LogP contribution in [0, 0.1) is 15.9 Å². The molecular weight excluding hydrogens is 373 g/mol. The smallest absolute Gasteiger partial charge is 0.272 e. The summed E-state index contributed by atoms with van der Waals surface area (Å²) in [4.78, 5) is 29.7. The van der Waals surface area contributed by atoms with Crippen molar-refractivity contribution in [3.05, 3.63) is 70.2 Å². The first-order valence-corrected chi connectivity index (χ1v) is 9.48. The largest absolute Gasteiger partial charge is 0.337 e. The molecule has 150 valence electrons. The lowest BCUT2D eigenvalue weighted by molar-refractivity contribution is -0.384. The third-order valence-electron chi connectivity index (χ3n) is 5.19. The van der Waals surface area contributed by atoms with Crippen LogP contribution in [0.2, 0.25) is 0 Å². The highest BCUT2D eigenvalue weighted by atomic mass is 19.1. The van der Waals surface area contributed by atoms with E-state index in [2.05, 4.69) is 4.98 Å². The number of rotatable bonds is 6. The molecule has 2 aromatic carbocycles. The SMILES string of the molecule is CCC(CC)N(C)C(=O)c1cc2ccccc2c(-c2cc([N+](=O)[O-])ccc2F)n1. The Hall–Kier alpha value is -3.35. The van der Waals surface area contributed by atoms with Crippen molar-refractivity contribution in [2.24, 2.45) is 0 Å². The van der Waals surface area contributed by atoms with Gasteiger partial charge < -0.3 is 4.90 Å². The molecule has 7 heteroatoms. The molecular formula is C22H22FN3O3. The highest BCUT2D eigenvalue weighted by molar-refractivity contribution is 6.01. The predicted molar refractivity (Wildman–Crippen MR) is 110 cm³/mol. The van der Waals surface area contributed by atoms with Crippen molar-refractivity contribution in [3.8, 4) is 11.3 Å². The topological polar surface area (TPSA) is 76.3 Å². The van der Waals surface area contributed by atoms with E-state index in [1.165, 1.54) is 0 Å². The molecule has 1 amide bonds. The van der Waals surface area contributed by atoms with E-state index in [1.807, 2.05) is 26.0 Å². The van der Waals surface area contributed by atoms with E-state index in [4.69, 9.17) is 0 Å². The van der Waals surface area contributed by atoms with Gasteiger partial charge in [-0.15, -0.1) is 0 Å². The van der Waals surface area contributed by atoms with Gasteiger partial charge in [0.15, 0.2) is 0 Å². The number of nitro benzene ring substituents is 1. The van der Waals surface area contributed by atoms with Crippen LogP contribution in [0.3, 0.4) is 0 Å². The fourth-order valence-corrected chi connectivity index (χ4v) is 3.50. The molecule has 0 atom stereocenters. The van der Waals surface area contributed by atoms with Gasteiger partial charge in [0.25, 0.3) is 11.6 Å². The number of halogens is 1. The van der Waals surface area contributed by atoms with E-state index in [-0.39, 0.29) is 34.6 Å². The van der Waals surface area contributed by atoms with Gasteiger partial charge in [-0.3, -0.25) is 14.9 Å². The fourth-order valence-electron chi connectivity index (χ4n) is 3.50. The highest BCUT2D eigenvalue weighted by Gasteiger charge is 2.23. The summed E-state index contributed by atoms with van der Waals surface area (Å²) in [6.45, 7) is 4.02. The average Bonchev–Trinajstić information content (AvgIpc) is 2.73. The van der Waals surface area contributed by atoms with E-state index >= 15 is 0 Å². The lowest BCUT2D eigenvalue weighted by Crippen LogP contribution is -2.36. The van der Waals surface area contributed by atoms with Gasteiger partial charge in [-0.1, -0.05) is 38.1 Å². The molecule has 0 spiro atoms. The first kappa shape index (κ1) is 20.4. The molecule has 0 saturated heterocycles. The molecule has 3 rings (SSSR count). The normalized spacial score (nSPS) is 11.1. The van der Waals surface area contributed by atoms with Crippen LogP contribution in [-0.4, -0.2) is 33.8 Å². The molecule has 0 N–H and O–H groups in total. The highest BCUT2D eigenvalue weighted by Crippen LogP contribution is 2.32. The van der Waals surface area contributed by atoms with Crippen molar-refractivity contribution in [1.29, 1.82) is 0 Å². The van der Waals surface area contributed by atoms with Crippen molar-refractivity contribution >= 4 is 22.4 Å². The molecule has 1 aromatic heterocycles. The van der Waals surface area contributed by atoms with Gasteiger partial charge in [-0.25, -0.2) is 9.37 Å². The zero-order valence-corrected chi connectivity index (χ0v) is 16.6. The summed E-state index contributed by atoms with van der Waals surface area (Å²) < 4.78 is 14.6. The number of hydrogen-bond acceptors (Lipinski definition) is 4. The van der Waals surface area contributed by atoms with E-state index in [0.717, 1.165) is 31.0 Å². The van der Waals surface area contributed by atoms with Crippen molar-refractivity contribution in [1.82, 2.24) is 9.88 Å². The van der Waals surface area contributed by atoms with Gasteiger partial charge in [0.05, 0.1) is 10.6 Å². The Morgan fingerprint density at radius 1 is 1.17 bits per heavy atom. The summed E-state index contributed by atoms with van der Waals surface area (Å²) in [5.41, 5.74) is 0.151. The molecule has 0 saturated carbocycles. The zero-order chi connectivity index (χ0) is 21.1. The maximum Gasteiger partial charge on any atom is 0.272 e. The van der Waals surface area contributed by atoms with Crippen molar-refractivity contribution in [2.45, 2.75) is 32.7 Å². The van der Waals surface area contributed by atoms with Crippen LogP contribution in [-0.2, 0) is 0 Å². The van der Waals surface area contributed by atoms with Crippen LogP contribution in [0.1, 0.15) is 37.2 Å². The Bertz CT molecular complexity index is 1080. The van der Waals surface area contributed by atoms with Gasteiger partial charge in [-0.05, 0) is 30.4 Å². The number of non-ortho nitro benzene ring substituents is 1. The van der Waals surface area contributed by atoms with Crippen LogP contribution in [0.25, 0.3) is 22.0 Å². The number of pyridine rings is 1. The molecule has 3 aromatic rings. The molecule has 0 unspecified atom stereocenters. The van der Waals surface area contributed by atoms with Crippen LogP contribution in [0.5, 0.6) is 0 Å². The maximum absolute atomic E-state index is 14.6. The zero-order valence-electron chi connectivity index (χ0n) is 16.6. The Kier molecular flexibility index (Phi) is 5.87. The lowest BCUT2D eigenvalue weighted by atomic mass is 10.0. The van der Waals surface area contributed by atoms with Crippen molar-refractivity contribution < 1.29 is 14.1 Å². The molecule has 1 heterocycles. The quantitative estimate of drug-likeness (QED) is 0.424. The first-order chi connectivity index (χ1) is 13.9. The molecule has 6 nitrogen and oxygen atoms in total. The molecule has 0 bridgehead atoms. The van der Waals surface area contributed by atoms with E-state index < -0.39 is 10.7 Å². The summed E-state index contributed by atoms with van der Waals surface area (Å²) in [5, 5.41) is 12.5. The minimum absolute atomic E-state index is 0.00441. The lowest BCUT2D eigenvalue weighted by Gasteiger charge is -2.26. The van der Waals surface area contributed by atoms with Crippen molar-refractivity contribution in [2.75, 3.05) is 7.05 Å². The molecule has 0 aliphatic rings. The second-order valence-corrected chi connectivity index (χ2v) is 6.88. The van der Waals surface area contributed by atoms with Gasteiger partial charge in [0, 0.05) is 36.2 Å². The number of amides is 1. The fraction of sp³-hybridized carbons (Fsp3) is 0.273. The van der Waals surface area contributed by atoms with E-state index in [1.54, 1.807) is 30.1 Å². The summed E-state index contributed by atoms with van der Waals surface area (Å²) in [6, 6.07) is 12.2. The number of hydrogen-bond donors (Lipinski definition) is 0. The molecule has 29 heavy (non-hydrogen) atoms. The Labute approximate surface area is 168 Å². The molecule has 0 aliphatic heterocycles. The Balaban J connectivity index is 2.22. The van der Waals surface area contributed by atoms with Gasteiger partial charge >= 0.3 is 0 Å². The minimum Gasteiger partial charge on any atom is -0.337 e. The third-order valence-corrected chi connectivity index (χ3v) is 5.19. The molecule has 0 fully saturated rings. The van der Waals surface area contributed by atoms with E-state index in [0.29, 0.717) is 10.8 Å². The second kappa shape index (κ2) is 8.34. The summed E-state index contributed by atoms with van der Waals surface area (Å²) in [6.07, 6.45) is 1.61. The summed E-state index contributed by atoms with van der Waals surface area (Å²) in [5.74, 6) is -0.900. The Morgan fingerprint density at radius 2 is 1.86 bits per heavy atom. The number of aromatic nitrogens is 1. The van der Waals surface area contributed by atoms with Crippen LogP contribution in [0.4, 0.5) is 10.1 Å². The standard InChI is InChI=1S/C22H22FN3O3/c1-4-15(5-2)25(3)22(27)20-12-14-8-6-7-9-17(14)21(24-20)18-13-16(26(28)29)10-11-19(18)23/h6-13,15H,4-5H2,1-3H3. The second-order valence-electron chi connectivity index (χ2n) is 6.88. The predicted octanol–water partition coefficient (Wildman–Crippen LogP) is 5.21. The number of carbonyl (C=O) groups excluding carboxylic acids is 1. The number of benzene rings is 2. The number of nitrogens with zero attached hydrogens (tertiary/aromatic N) is 3. The molecule has 0 aliphatic carbocycles. The van der Waals surface area contributed by atoms with Crippen molar-refractivity contribution in [3.63, 3.8) is 0 Å². The van der Waals surface area contributed by atoms with Gasteiger partial charge in [-0.2, -0.15) is 0 Å². The molecule has 0 radical (unpaired) electrons. The number of carbonyl (C=O) groups is 1. The average molecular weight is 395 g/mol. The van der Waals surface area contributed by atoms with Crippen LogP contribution < -0.4 is 0 Å². The first-order valence-electron chi connectivity index (χ1n) is 9.48. The summed E-state index contributed by atoms with van der Waals surface area (Å²) in [7, 11) is 1.73. The monoisotopic (exact) mass is 395 g/mol. The Morgan fingerprint density at radius 3 is 2.52 bits per heavy atom. The van der Waals surface area contributed by atoms with Crippen LogP contribution in [0.15, 0.2) is 48.5 Å². The number of nitro groups is 1.